The molecule has 0 radical (unpaired) electrons. The summed E-state index contributed by atoms with van der Waals surface area (Å²) < 4.78 is 0. The van der Waals surface area contributed by atoms with Crippen LogP contribution in [0.3, 0.4) is 0 Å². The van der Waals surface area contributed by atoms with Crippen LogP contribution in [0.4, 0.5) is 0 Å². The molecular formula is C14H22N2O. The number of hydrogen-bond acceptors (Lipinski definition) is 2. The largest absolute Gasteiger partial charge is 0.348 e. The first-order valence-electron chi connectivity index (χ1n) is 6.31. The van der Waals surface area contributed by atoms with Gasteiger partial charge in [-0.25, -0.2) is 0 Å². The molecule has 3 N–H and O–H groups in total. The Morgan fingerprint density at radius 1 is 1.35 bits per heavy atom. The van der Waals surface area contributed by atoms with Crippen LogP contribution in [-0.2, 0) is 6.42 Å². The Balaban J connectivity index is 2.75. The number of carbonyl (C=O) groups excluding carboxylic acids is 1. The summed E-state index contributed by atoms with van der Waals surface area (Å²) >= 11 is 0. The molecule has 17 heavy (non-hydrogen) atoms. The van der Waals surface area contributed by atoms with E-state index >= 15 is 0 Å². The lowest BCUT2D eigenvalue weighted by molar-refractivity contribution is 0.0935. The summed E-state index contributed by atoms with van der Waals surface area (Å²) in [4.78, 5) is 12.1. The van der Waals surface area contributed by atoms with E-state index < -0.39 is 0 Å². The van der Waals surface area contributed by atoms with Gasteiger partial charge in [0.2, 0.25) is 0 Å². The average Bonchev–Trinajstić information content (AvgIpc) is 2.38. The number of rotatable bonds is 6. The van der Waals surface area contributed by atoms with Gasteiger partial charge in [-0.15, -0.1) is 0 Å². The fourth-order valence-electron chi connectivity index (χ4n) is 1.91. The second-order valence-corrected chi connectivity index (χ2v) is 4.21. The van der Waals surface area contributed by atoms with E-state index in [1.54, 1.807) is 0 Å². The number of carbonyl (C=O) groups is 1. The Labute approximate surface area is 103 Å². The Morgan fingerprint density at radius 2 is 2.06 bits per heavy atom. The lowest BCUT2D eigenvalue weighted by Crippen LogP contribution is -2.40. The molecule has 0 aliphatic rings. The molecule has 1 unspecified atom stereocenters. The zero-order chi connectivity index (χ0) is 12.7. The highest BCUT2D eigenvalue weighted by atomic mass is 16.1. The fraction of sp³-hybridized carbons (Fsp3) is 0.500. The van der Waals surface area contributed by atoms with Crippen LogP contribution in [0.1, 0.15) is 42.6 Å². The summed E-state index contributed by atoms with van der Waals surface area (Å²) in [5.41, 5.74) is 7.49. The monoisotopic (exact) mass is 234 g/mol. The van der Waals surface area contributed by atoms with Crippen LogP contribution in [0.5, 0.6) is 0 Å². The van der Waals surface area contributed by atoms with Gasteiger partial charge in [-0.1, -0.05) is 38.5 Å². The van der Waals surface area contributed by atoms with E-state index in [1.807, 2.05) is 24.3 Å². The van der Waals surface area contributed by atoms with Crippen LogP contribution in [0, 0.1) is 0 Å². The van der Waals surface area contributed by atoms with Crippen LogP contribution >= 0.6 is 0 Å². The third kappa shape index (κ3) is 3.86. The molecule has 94 valence electrons. The van der Waals surface area contributed by atoms with Crippen molar-refractivity contribution in [2.45, 2.75) is 39.2 Å². The van der Waals surface area contributed by atoms with Gasteiger partial charge in [0.1, 0.15) is 0 Å². The van der Waals surface area contributed by atoms with Gasteiger partial charge < -0.3 is 11.1 Å². The van der Waals surface area contributed by atoms with Crippen LogP contribution < -0.4 is 11.1 Å². The third-order valence-corrected chi connectivity index (χ3v) is 2.90. The molecule has 0 saturated carbocycles. The van der Waals surface area contributed by atoms with Crippen molar-refractivity contribution in [3.63, 3.8) is 0 Å². The first-order chi connectivity index (χ1) is 8.22. The van der Waals surface area contributed by atoms with E-state index in [0.717, 1.165) is 30.4 Å². The van der Waals surface area contributed by atoms with Crippen molar-refractivity contribution in [3.8, 4) is 0 Å². The Bertz CT molecular complexity index is 363. The normalized spacial score (nSPS) is 12.2. The summed E-state index contributed by atoms with van der Waals surface area (Å²) in [5.74, 6) is -0.00801. The zero-order valence-corrected chi connectivity index (χ0v) is 10.7. The van der Waals surface area contributed by atoms with Crippen molar-refractivity contribution in [2.75, 3.05) is 6.54 Å². The molecule has 0 bridgehead atoms. The molecule has 0 heterocycles. The Hall–Kier alpha value is -1.35. The summed E-state index contributed by atoms with van der Waals surface area (Å²) in [6.07, 6.45) is 2.82. The summed E-state index contributed by atoms with van der Waals surface area (Å²) in [6, 6.07) is 7.80. The van der Waals surface area contributed by atoms with E-state index in [9.17, 15) is 4.79 Å². The van der Waals surface area contributed by atoms with E-state index in [4.69, 9.17) is 5.73 Å². The molecule has 1 aromatic carbocycles. The molecule has 0 fully saturated rings. The van der Waals surface area contributed by atoms with Crippen LogP contribution in [0.15, 0.2) is 24.3 Å². The van der Waals surface area contributed by atoms with Crippen LogP contribution in [0.25, 0.3) is 0 Å². The predicted octanol–water partition coefficient (Wildman–Crippen LogP) is 2.11. The maximum atomic E-state index is 12.1. The highest BCUT2D eigenvalue weighted by Crippen LogP contribution is 2.10. The Kier molecular flexibility index (Phi) is 5.70. The molecule has 0 spiro atoms. The van der Waals surface area contributed by atoms with Gasteiger partial charge in [-0.2, -0.15) is 0 Å². The van der Waals surface area contributed by atoms with Gasteiger partial charge in [0.05, 0.1) is 0 Å². The number of nitrogens with two attached hydrogens (primary N) is 1. The van der Waals surface area contributed by atoms with Crippen LogP contribution in [-0.4, -0.2) is 18.5 Å². The van der Waals surface area contributed by atoms with Gasteiger partial charge in [0, 0.05) is 18.2 Å². The minimum atomic E-state index is -0.00801. The molecular weight excluding hydrogens is 212 g/mol. The molecule has 1 atom stereocenters. The molecule has 3 heteroatoms. The SMILES string of the molecule is CCCC(CN)NC(=O)c1ccccc1CC. The lowest BCUT2D eigenvalue weighted by atomic mass is 10.0. The van der Waals surface area contributed by atoms with E-state index in [-0.39, 0.29) is 11.9 Å². The fourth-order valence-corrected chi connectivity index (χ4v) is 1.91. The molecule has 0 aliphatic carbocycles. The van der Waals surface area contributed by atoms with Gasteiger partial charge in [-0.3, -0.25) is 4.79 Å². The summed E-state index contributed by atoms with van der Waals surface area (Å²) in [6.45, 7) is 4.64. The highest BCUT2D eigenvalue weighted by Gasteiger charge is 2.13. The molecule has 1 aromatic rings. The van der Waals surface area contributed by atoms with Gasteiger partial charge in [-0.05, 0) is 24.5 Å². The second kappa shape index (κ2) is 7.07. The lowest BCUT2D eigenvalue weighted by Gasteiger charge is -2.17. The minimum Gasteiger partial charge on any atom is -0.348 e. The zero-order valence-electron chi connectivity index (χ0n) is 10.7. The Morgan fingerprint density at radius 3 is 2.65 bits per heavy atom. The first-order valence-corrected chi connectivity index (χ1v) is 6.31. The van der Waals surface area contributed by atoms with Crippen molar-refractivity contribution < 1.29 is 4.79 Å². The predicted molar refractivity (Wildman–Crippen MR) is 71.0 cm³/mol. The molecule has 0 aliphatic heterocycles. The van der Waals surface area contributed by atoms with E-state index in [1.165, 1.54) is 0 Å². The first kappa shape index (κ1) is 13.7. The number of benzene rings is 1. The van der Waals surface area contributed by atoms with Gasteiger partial charge in [0.25, 0.3) is 5.91 Å². The second-order valence-electron chi connectivity index (χ2n) is 4.21. The molecule has 0 saturated heterocycles. The van der Waals surface area contributed by atoms with E-state index in [2.05, 4.69) is 19.2 Å². The maximum absolute atomic E-state index is 12.1. The molecule has 0 aromatic heterocycles. The topological polar surface area (TPSA) is 55.1 Å². The molecule has 1 amide bonds. The number of aryl methyl sites for hydroxylation is 1. The minimum absolute atomic E-state index is 0.00801. The molecule has 1 rings (SSSR count). The third-order valence-electron chi connectivity index (χ3n) is 2.90. The number of nitrogens with one attached hydrogen (secondary N) is 1. The van der Waals surface area contributed by atoms with Crippen molar-refractivity contribution in [3.05, 3.63) is 35.4 Å². The smallest absolute Gasteiger partial charge is 0.251 e. The average molecular weight is 234 g/mol. The van der Waals surface area contributed by atoms with Gasteiger partial charge >= 0.3 is 0 Å². The number of hydrogen-bond donors (Lipinski definition) is 2. The van der Waals surface area contributed by atoms with Crippen molar-refractivity contribution in [1.82, 2.24) is 5.32 Å². The van der Waals surface area contributed by atoms with Crippen molar-refractivity contribution in [2.24, 2.45) is 5.73 Å². The highest BCUT2D eigenvalue weighted by molar-refractivity contribution is 5.95. The van der Waals surface area contributed by atoms with Crippen molar-refractivity contribution >= 4 is 5.91 Å². The standard InChI is InChI=1S/C14H22N2O/c1-3-7-12(10-15)16-14(17)13-9-6-5-8-11(13)4-2/h5-6,8-9,12H,3-4,7,10,15H2,1-2H3,(H,16,17). The van der Waals surface area contributed by atoms with E-state index in [0.29, 0.717) is 6.54 Å². The summed E-state index contributed by atoms with van der Waals surface area (Å²) in [5, 5.41) is 2.99. The quantitative estimate of drug-likeness (QED) is 0.792. The maximum Gasteiger partial charge on any atom is 0.251 e. The molecule has 3 nitrogen and oxygen atoms in total. The number of amides is 1. The van der Waals surface area contributed by atoms with Gasteiger partial charge in [0.15, 0.2) is 0 Å². The summed E-state index contributed by atoms with van der Waals surface area (Å²) in [7, 11) is 0. The van der Waals surface area contributed by atoms with Crippen molar-refractivity contribution in [1.29, 1.82) is 0 Å². The van der Waals surface area contributed by atoms with Crippen LogP contribution in [0.2, 0.25) is 0 Å².